The largest absolute Gasteiger partial charge is 0.481 e. The second-order valence-corrected chi connectivity index (χ2v) is 6.80. The number of hydrogen-bond donors (Lipinski definition) is 1. The molecule has 1 N–H and O–H groups in total. The molecule has 0 saturated heterocycles. The maximum absolute atomic E-state index is 13.5. The maximum atomic E-state index is 13.5. The second kappa shape index (κ2) is 7.82. The van der Waals surface area contributed by atoms with Gasteiger partial charge in [-0.05, 0) is 43.9 Å². The van der Waals surface area contributed by atoms with E-state index in [1.165, 1.54) is 11.3 Å². The molecule has 1 aromatic heterocycles. The Labute approximate surface area is 152 Å². The molecule has 8 heteroatoms. The lowest BCUT2D eigenvalue weighted by atomic mass is 10.1. The number of carbonyl (C=O) groups excluding carboxylic acids is 2. The van der Waals surface area contributed by atoms with Gasteiger partial charge in [-0.15, -0.1) is 11.3 Å². The number of amides is 1. The molecular weight excluding hydrogens is 364 g/mol. The molecular formula is C18H17F2NO4S. The number of anilines is 1. The highest BCUT2D eigenvalue weighted by Gasteiger charge is 2.28. The Morgan fingerprint density at radius 3 is 2.81 bits per heavy atom. The number of benzene rings is 1. The molecule has 1 aromatic carbocycles. The van der Waals surface area contributed by atoms with Crippen LogP contribution in [0.1, 0.15) is 34.1 Å². The Balaban J connectivity index is 1.70. The number of aryl methyl sites for hydroxylation is 1. The van der Waals surface area contributed by atoms with Crippen molar-refractivity contribution in [2.24, 2.45) is 0 Å². The topological polar surface area (TPSA) is 64.6 Å². The van der Waals surface area contributed by atoms with Crippen LogP contribution in [-0.2, 0) is 22.4 Å². The van der Waals surface area contributed by atoms with E-state index >= 15 is 0 Å². The van der Waals surface area contributed by atoms with Crippen LogP contribution in [-0.4, -0.2) is 25.1 Å². The molecule has 1 aliphatic rings. The van der Waals surface area contributed by atoms with E-state index in [1.54, 1.807) is 6.92 Å². The highest BCUT2D eigenvalue weighted by molar-refractivity contribution is 7.17. The number of rotatable bonds is 6. The van der Waals surface area contributed by atoms with Crippen LogP contribution >= 0.6 is 11.3 Å². The van der Waals surface area contributed by atoms with Crippen molar-refractivity contribution >= 4 is 28.2 Å². The smallest absolute Gasteiger partial charge is 0.341 e. The van der Waals surface area contributed by atoms with Gasteiger partial charge in [0.25, 0.3) is 5.91 Å². The Morgan fingerprint density at radius 2 is 2.08 bits per heavy atom. The third-order valence-electron chi connectivity index (χ3n) is 3.91. The van der Waals surface area contributed by atoms with Crippen LogP contribution in [0.15, 0.2) is 18.2 Å². The molecule has 1 heterocycles. The van der Waals surface area contributed by atoms with Crippen molar-refractivity contribution in [3.63, 3.8) is 0 Å². The summed E-state index contributed by atoms with van der Waals surface area (Å²) in [5, 5.41) is 3.06. The Morgan fingerprint density at radius 1 is 1.27 bits per heavy atom. The summed E-state index contributed by atoms with van der Waals surface area (Å²) in [6.45, 7) is 1.49. The Hall–Kier alpha value is -2.48. The minimum Gasteiger partial charge on any atom is -0.481 e. The fraction of sp³-hybridized carbons (Fsp3) is 0.333. The zero-order valence-corrected chi connectivity index (χ0v) is 14.9. The fourth-order valence-corrected chi connectivity index (χ4v) is 4.10. The molecule has 5 nitrogen and oxygen atoms in total. The fourth-order valence-electron chi connectivity index (χ4n) is 2.81. The standard InChI is InChI=1S/C18H17F2NO4S/c1-2-24-18(23)16-11-4-3-5-14(11)26-17(16)21-15(22)9-25-13-7-6-10(19)8-12(13)20/h6-8H,2-5,9H2,1H3,(H,21,22). The minimum absolute atomic E-state index is 0.221. The molecule has 0 unspecified atom stereocenters. The van der Waals surface area contributed by atoms with E-state index in [9.17, 15) is 18.4 Å². The third-order valence-corrected chi connectivity index (χ3v) is 5.11. The van der Waals surface area contributed by atoms with Crippen molar-refractivity contribution < 1.29 is 27.8 Å². The van der Waals surface area contributed by atoms with Crippen LogP contribution < -0.4 is 10.1 Å². The van der Waals surface area contributed by atoms with Crippen LogP contribution in [0.2, 0.25) is 0 Å². The molecule has 1 aliphatic carbocycles. The summed E-state index contributed by atoms with van der Waals surface area (Å²) in [7, 11) is 0. The van der Waals surface area contributed by atoms with Crippen LogP contribution in [0, 0.1) is 11.6 Å². The van der Waals surface area contributed by atoms with Gasteiger partial charge < -0.3 is 14.8 Å². The lowest BCUT2D eigenvalue weighted by molar-refractivity contribution is -0.118. The number of ether oxygens (including phenoxy) is 2. The molecule has 0 atom stereocenters. The van der Waals surface area contributed by atoms with Gasteiger partial charge in [0.1, 0.15) is 10.8 Å². The summed E-state index contributed by atoms with van der Waals surface area (Å²) in [4.78, 5) is 25.4. The van der Waals surface area contributed by atoms with Crippen molar-refractivity contribution in [1.82, 2.24) is 0 Å². The Bertz CT molecular complexity index is 850. The quantitative estimate of drug-likeness (QED) is 0.775. The van der Waals surface area contributed by atoms with Crippen LogP contribution in [0.5, 0.6) is 5.75 Å². The number of esters is 1. The number of thiophene rings is 1. The van der Waals surface area contributed by atoms with E-state index in [0.29, 0.717) is 16.6 Å². The van der Waals surface area contributed by atoms with E-state index < -0.39 is 30.1 Å². The lowest BCUT2D eigenvalue weighted by Crippen LogP contribution is -2.21. The zero-order valence-electron chi connectivity index (χ0n) is 14.1. The van der Waals surface area contributed by atoms with Crippen molar-refractivity contribution in [1.29, 1.82) is 0 Å². The van der Waals surface area contributed by atoms with Crippen molar-refractivity contribution in [2.45, 2.75) is 26.2 Å². The van der Waals surface area contributed by atoms with Gasteiger partial charge >= 0.3 is 5.97 Å². The highest BCUT2D eigenvalue weighted by atomic mass is 32.1. The van der Waals surface area contributed by atoms with Crippen molar-refractivity contribution in [3.8, 4) is 5.75 Å². The molecule has 1 amide bonds. The van der Waals surface area contributed by atoms with E-state index in [4.69, 9.17) is 9.47 Å². The van der Waals surface area contributed by atoms with Gasteiger partial charge in [0, 0.05) is 10.9 Å². The zero-order chi connectivity index (χ0) is 18.7. The molecule has 3 rings (SSSR count). The first kappa shape index (κ1) is 18.3. The molecule has 0 saturated carbocycles. The summed E-state index contributed by atoms with van der Waals surface area (Å²) in [6.07, 6.45) is 2.60. The van der Waals surface area contributed by atoms with Gasteiger partial charge in [-0.2, -0.15) is 0 Å². The van der Waals surface area contributed by atoms with Gasteiger partial charge in [-0.3, -0.25) is 4.79 Å². The van der Waals surface area contributed by atoms with Crippen molar-refractivity contribution in [2.75, 3.05) is 18.5 Å². The summed E-state index contributed by atoms with van der Waals surface area (Å²) in [5.41, 5.74) is 1.32. The summed E-state index contributed by atoms with van der Waals surface area (Å²) < 4.78 is 36.6. The Kier molecular flexibility index (Phi) is 5.51. The van der Waals surface area contributed by atoms with Gasteiger partial charge in [0.05, 0.1) is 12.2 Å². The van der Waals surface area contributed by atoms with E-state index in [1.807, 2.05) is 0 Å². The average Bonchev–Trinajstić information content (AvgIpc) is 3.14. The van der Waals surface area contributed by atoms with E-state index in [0.717, 1.165) is 41.8 Å². The molecule has 138 valence electrons. The van der Waals surface area contributed by atoms with Gasteiger partial charge in [-0.25, -0.2) is 13.6 Å². The van der Waals surface area contributed by atoms with Crippen LogP contribution in [0.4, 0.5) is 13.8 Å². The average molecular weight is 381 g/mol. The molecule has 0 bridgehead atoms. The van der Waals surface area contributed by atoms with E-state index in [2.05, 4.69) is 5.32 Å². The number of hydrogen-bond acceptors (Lipinski definition) is 5. The molecule has 0 fully saturated rings. The summed E-state index contributed by atoms with van der Waals surface area (Å²) >= 11 is 1.35. The predicted molar refractivity (Wildman–Crippen MR) is 92.8 cm³/mol. The summed E-state index contributed by atoms with van der Waals surface area (Å²) in [5.74, 6) is -2.85. The molecule has 0 aliphatic heterocycles. The van der Waals surface area contributed by atoms with E-state index in [-0.39, 0.29) is 12.4 Å². The summed E-state index contributed by atoms with van der Waals surface area (Å²) in [6, 6.07) is 2.83. The molecule has 0 spiro atoms. The third kappa shape index (κ3) is 3.85. The molecule has 0 radical (unpaired) electrons. The van der Waals surface area contributed by atoms with Gasteiger partial charge in [0.15, 0.2) is 18.2 Å². The first-order chi connectivity index (χ1) is 12.5. The van der Waals surface area contributed by atoms with Gasteiger partial charge in [-0.1, -0.05) is 0 Å². The highest BCUT2D eigenvalue weighted by Crippen LogP contribution is 2.39. The number of nitrogens with one attached hydrogen (secondary N) is 1. The number of carbonyl (C=O) groups is 2. The number of fused-ring (bicyclic) bond motifs is 1. The molecule has 2 aromatic rings. The SMILES string of the molecule is CCOC(=O)c1c(NC(=O)COc2ccc(F)cc2F)sc2c1CCC2. The normalized spacial score (nSPS) is 12.6. The number of halogens is 2. The van der Waals surface area contributed by atoms with Crippen LogP contribution in [0.3, 0.4) is 0 Å². The monoisotopic (exact) mass is 381 g/mol. The van der Waals surface area contributed by atoms with Crippen LogP contribution in [0.25, 0.3) is 0 Å². The van der Waals surface area contributed by atoms with Crippen molar-refractivity contribution in [3.05, 3.63) is 45.8 Å². The lowest BCUT2D eigenvalue weighted by Gasteiger charge is -2.09. The minimum atomic E-state index is -0.889. The first-order valence-electron chi connectivity index (χ1n) is 8.19. The second-order valence-electron chi connectivity index (χ2n) is 5.69. The first-order valence-corrected chi connectivity index (χ1v) is 9.00. The predicted octanol–water partition coefficient (Wildman–Crippen LogP) is 3.71. The van der Waals surface area contributed by atoms with Gasteiger partial charge in [0.2, 0.25) is 0 Å². The molecule has 26 heavy (non-hydrogen) atoms. The maximum Gasteiger partial charge on any atom is 0.341 e.